The Bertz CT molecular complexity index is 265. The van der Waals surface area contributed by atoms with Gasteiger partial charge in [0.1, 0.15) is 6.04 Å². The van der Waals surface area contributed by atoms with Gasteiger partial charge in [0.05, 0.1) is 7.11 Å². The molecule has 0 saturated heterocycles. The second kappa shape index (κ2) is 11.1. The zero-order chi connectivity index (χ0) is 14.7. The highest BCUT2D eigenvalue weighted by atomic mass is 32.2. The van der Waals surface area contributed by atoms with Gasteiger partial charge in [-0.2, -0.15) is 11.8 Å². The summed E-state index contributed by atoms with van der Waals surface area (Å²) in [5.41, 5.74) is 0. The number of thioether (sulfide) groups is 1. The first kappa shape index (κ1) is 18.3. The molecular weight excluding hydrogens is 262 g/mol. The minimum Gasteiger partial charge on any atom is -0.467 e. The third-order valence-electron chi connectivity index (χ3n) is 3.06. The fourth-order valence-electron chi connectivity index (χ4n) is 2.02. The maximum atomic E-state index is 12.2. The van der Waals surface area contributed by atoms with Gasteiger partial charge < -0.3 is 10.1 Å². The van der Waals surface area contributed by atoms with Gasteiger partial charge in [0.15, 0.2) is 0 Å². The van der Waals surface area contributed by atoms with Gasteiger partial charge in [0, 0.05) is 5.92 Å². The van der Waals surface area contributed by atoms with Crippen molar-refractivity contribution in [3.8, 4) is 0 Å². The van der Waals surface area contributed by atoms with Crippen LogP contribution >= 0.6 is 11.8 Å². The summed E-state index contributed by atoms with van der Waals surface area (Å²) in [7, 11) is 1.36. The number of rotatable bonds is 10. The summed E-state index contributed by atoms with van der Waals surface area (Å²) >= 11 is 1.65. The van der Waals surface area contributed by atoms with E-state index >= 15 is 0 Å². The Kier molecular flexibility index (Phi) is 10.7. The highest BCUT2D eigenvalue weighted by molar-refractivity contribution is 7.98. The Hall–Kier alpha value is -0.710. The number of ether oxygens (including phenoxy) is 1. The first-order chi connectivity index (χ1) is 9.10. The predicted molar refractivity (Wildman–Crippen MR) is 80.3 cm³/mol. The van der Waals surface area contributed by atoms with E-state index in [1.165, 1.54) is 7.11 Å². The molecule has 1 amide bonds. The third kappa shape index (κ3) is 7.45. The van der Waals surface area contributed by atoms with Gasteiger partial charge >= 0.3 is 5.97 Å². The number of nitrogens with one attached hydrogen (secondary N) is 1. The second-order valence-corrected chi connectivity index (χ2v) is 5.63. The van der Waals surface area contributed by atoms with Gasteiger partial charge in [-0.3, -0.25) is 4.79 Å². The van der Waals surface area contributed by atoms with Crippen molar-refractivity contribution >= 4 is 23.6 Å². The van der Waals surface area contributed by atoms with Crippen molar-refractivity contribution in [3.05, 3.63) is 0 Å². The molecule has 0 aromatic heterocycles. The summed E-state index contributed by atoms with van der Waals surface area (Å²) in [5.74, 6) is 0.470. The Morgan fingerprint density at radius 1 is 1.16 bits per heavy atom. The molecule has 1 unspecified atom stereocenters. The largest absolute Gasteiger partial charge is 0.467 e. The molecule has 0 aromatic carbocycles. The molecule has 5 heteroatoms. The molecule has 0 saturated carbocycles. The van der Waals surface area contributed by atoms with Crippen LogP contribution in [0, 0.1) is 5.92 Å². The van der Waals surface area contributed by atoms with Crippen molar-refractivity contribution in [2.24, 2.45) is 5.92 Å². The van der Waals surface area contributed by atoms with E-state index in [9.17, 15) is 9.59 Å². The molecule has 4 nitrogen and oxygen atoms in total. The Morgan fingerprint density at radius 2 is 1.74 bits per heavy atom. The van der Waals surface area contributed by atoms with Crippen molar-refractivity contribution in [1.82, 2.24) is 5.32 Å². The fraction of sp³-hybridized carbons (Fsp3) is 0.857. The molecule has 0 radical (unpaired) electrons. The molecule has 0 bridgehead atoms. The molecule has 0 spiro atoms. The number of methoxy groups -OCH3 is 1. The van der Waals surface area contributed by atoms with Crippen LogP contribution in [0.5, 0.6) is 0 Å². The van der Waals surface area contributed by atoms with Crippen LogP contribution in [0.3, 0.4) is 0 Å². The first-order valence-corrected chi connectivity index (χ1v) is 8.37. The van der Waals surface area contributed by atoms with Crippen LogP contribution in [0.2, 0.25) is 0 Å². The molecule has 0 fully saturated rings. The molecule has 0 aromatic rings. The van der Waals surface area contributed by atoms with E-state index in [2.05, 4.69) is 19.2 Å². The highest BCUT2D eigenvalue weighted by Gasteiger charge is 2.24. The first-order valence-electron chi connectivity index (χ1n) is 6.97. The Balaban J connectivity index is 4.52. The third-order valence-corrected chi connectivity index (χ3v) is 3.70. The maximum Gasteiger partial charge on any atom is 0.328 e. The summed E-state index contributed by atoms with van der Waals surface area (Å²) in [6.07, 6.45) is 6.29. The topological polar surface area (TPSA) is 55.4 Å². The zero-order valence-corrected chi connectivity index (χ0v) is 13.3. The predicted octanol–water partition coefficient (Wildman–Crippen LogP) is 2.61. The van der Waals surface area contributed by atoms with Gasteiger partial charge in [-0.15, -0.1) is 0 Å². The number of hydrogen-bond donors (Lipinski definition) is 1. The molecule has 19 heavy (non-hydrogen) atoms. The number of carbonyl (C=O) groups excluding carboxylic acids is 2. The summed E-state index contributed by atoms with van der Waals surface area (Å²) < 4.78 is 4.75. The van der Waals surface area contributed by atoms with Gasteiger partial charge in [0.25, 0.3) is 0 Å². The fourth-order valence-corrected chi connectivity index (χ4v) is 2.49. The molecule has 112 valence electrons. The average Bonchev–Trinajstić information content (AvgIpc) is 2.42. The molecule has 0 rings (SSSR count). The lowest BCUT2D eigenvalue weighted by atomic mass is 9.97. The molecular formula is C14H27NO3S. The minimum atomic E-state index is -0.513. The van der Waals surface area contributed by atoms with Gasteiger partial charge in [-0.05, 0) is 31.3 Å². The number of amides is 1. The van der Waals surface area contributed by atoms with E-state index in [4.69, 9.17) is 4.74 Å². The average molecular weight is 289 g/mol. The highest BCUT2D eigenvalue weighted by Crippen LogP contribution is 2.14. The molecule has 0 aliphatic carbocycles. The van der Waals surface area contributed by atoms with Crippen LogP contribution in [0.15, 0.2) is 0 Å². The van der Waals surface area contributed by atoms with Crippen molar-refractivity contribution < 1.29 is 14.3 Å². The Labute approximate surface area is 121 Å². The molecule has 1 atom stereocenters. The lowest BCUT2D eigenvalue weighted by molar-refractivity contribution is -0.145. The molecule has 1 N–H and O–H groups in total. The van der Waals surface area contributed by atoms with Gasteiger partial charge in [-0.25, -0.2) is 4.79 Å². The summed E-state index contributed by atoms with van der Waals surface area (Å²) in [4.78, 5) is 23.8. The minimum absolute atomic E-state index is 0.0106. The van der Waals surface area contributed by atoms with E-state index in [-0.39, 0.29) is 17.8 Å². The summed E-state index contributed by atoms with van der Waals surface area (Å²) in [5, 5.41) is 2.85. The van der Waals surface area contributed by atoms with Crippen molar-refractivity contribution in [1.29, 1.82) is 0 Å². The van der Waals surface area contributed by atoms with E-state index in [0.29, 0.717) is 6.42 Å². The SMILES string of the molecule is CCCC(CCC)C(=O)NC(CCSC)C(=O)OC. The quantitative estimate of drug-likeness (QED) is 0.628. The van der Waals surface area contributed by atoms with Crippen molar-refractivity contribution in [2.75, 3.05) is 19.1 Å². The number of esters is 1. The molecule has 0 aliphatic heterocycles. The van der Waals surface area contributed by atoms with Crippen LogP contribution in [0.1, 0.15) is 46.0 Å². The van der Waals surface area contributed by atoms with Crippen LogP contribution in [0.25, 0.3) is 0 Å². The molecule has 0 aliphatic rings. The number of carbonyl (C=O) groups is 2. The smallest absolute Gasteiger partial charge is 0.328 e. The van der Waals surface area contributed by atoms with Crippen LogP contribution in [0.4, 0.5) is 0 Å². The zero-order valence-electron chi connectivity index (χ0n) is 12.5. The Morgan fingerprint density at radius 3 is 2.16 bits per heavy atom. The summed E-state index contributed by atoms with van der Waals surface area (Å²) in [6.45, 7) is 4.14. The lowest BCUT2D eigenvalue weighted by Crippen LogP contribution is -2.44. The van der Waals surface area contributed by atoms with Crippen molar-refractivity contribution in [2.45, 2.75) is 52.0 Å². The number of hydrogen-bond acceptors (Lipinski definition) is 4. The van der Waals surface area contributed by atoms with E-state index in [1.807, 2.05) is 6.26 Å². The van der Waals surface area contributed by atoms with Crippen LogP contribution < -0.4 is 5.32 Å². The van der Waals surface area contributed by atoms with E-state index < -0.39 is 6.04 Å². The standard InChI is InChI=1S/C14H27NO3S/c1-5-7-11(8-6-2)13(16)15-12(9-10-19-4)14(17)18-3/h11-12H,5-10H2,1-4H3,(H,15,16). The van der Waals surface area contributed by atoms with Crippen molar-refractivity contribution in [3.63, 3.8) is 0 Å². The summed E-state index contributed by atoms with van der Waals surface area (Å²) in [6, 6.07) is -0.513. The van der Waals surface area contributed by atoms with E-state index in [1.54, 1.807) is 11.8 Å². The van der Waals surface area contributed by atoms with Gasteiger partial charge in [-0.1, -0.05) is 26.7 Å². The van der Waals surface area contributed by atoms with Crippen LogP contribution in [-0.2, 0) is 14.3 Å². The lowest BCUT2D eigenvalue weighted by Gasteiger charge is -2.20. The van der Waals surface area contributed by atoms with Gasteiger partial charge in [0.2, 0.25) is 5.91 Å². The van der Waals surface area contributed by atoms with E-state index in [0.717, 1.165) is 31.4 Å². The maximum absolute atomic E-state index is 12.2. The monoisotopic (exact) mass is 289 g/mol. The second-order valence-electron chi connectivity index (χ2n) is 4.64. The van der Waals surface area contributed by atoms with Crippen LogP contribution in [-0.4, -0.2) is 37.0 Å². The molecule has 0 heterocycles. The normalized spacial score (nSPS) is 12.3.